The van der Waals surface area contributed by atoms with E-state index < -0.39 is 0 Å². The van der Waals surface area contributed by atoms with Crippen molar-refractivity contribution < 1.29 is 9.59 Å². The summed E-state index contributed by atoms with van der Waals surface area (Å²) in [5.41, 5.74) is 0. The third-order valence-corrected chi connectivity index (χ3v) is 2.71. The number of rotatable bonds is 1. The highest BCUT2D eigenvalue weighted by Crippen LogP contribution is 2.14. The van der Waals surface area contributed by atoms with Gasteiger partial charge in [-0.1, -0.05) is 6.92 Å². The number of nitrogens with one attached hydrogen (secondary N) is 1. The molecule has 5 nitrogen and oxygen atoms in total. The van der Waals surface area contributed by atoms with Gasteiger partial charge in [-0.2, -0.15) is 0 Å². The maximum Gasteiger partial charge on any atom is 0.324 e. The largest absolute Gasteiger partial charge is 0.324 e. The molecule has 0 radical (unpaired) electrons. The van der Waals surface area contributed by atoms with Crippen LogP contribution in [-0.2, 0) is 4.79 Å². The Bertz CT molecular complexity index is 254. The Morgan fingerprint density at radius 3 is 2.92 bits per heavy atom. The molecule has 2 saturated heterocycles. The van der Waals surface area contributed by atoms with Crippen molar-refractivity contribution in [1.29, 1.82) is 0 Å². The monoisotopic (exact) mass is 183 g/mol. The van der Waals surface area contributed by atoms with Crippen LogP contribution in [0.3, 0.4) is 0 Å². The third kappa shape index (κ3) is 1.29. The Hall–Kier alpha value is -1.10. The van der Waals surface area contributed by atoms with E-state index in [4.69, 9.17) is 0 Å². The van der Waals surface area contributed by atoms with Crippen LogP contribution >= 0.6 is 0 Å². The molecule has 0 aromatic rings. The molecule has 1 atom stereocenters. The number of amides is 3. The molecule has 0 saturated carbocycles. The van der Waals surface area contributed by atoms with Crippen LogP contribution < -0.4 is 5.32 Å². The molecule has 1 N–H and O–H groups in total. The van der Waals surface area contributed by atoms with Gasteiger partial charge < -0.3 is 4.90 Å². The number of fused-ring (bicyclic) bond motifs is 1. The minimum atomic E-state index is -0.249. The second-order valence-electron chi connectivity index (χ2n) is 3.40. The van der Waals surface area contributed by atoms with Crippen molar-refractivity contribution in [3.05, 3.63) is 0 Å². The molecule has 0 aromatic carbocycles. The molecule has 72 valence electrons. The Balaban J connectivity index is 2.10. The first-order chi connectivity index (χ1) is 6.22. The lowest BCUT2D eigenvalue weighted by atomic mass is 10.2. The van der Waals surface area contributed by atoms with Gasteiger partial charge in [-0.05, 0) is 6.54 Å². The van der Waals surface area contributed by atoms with Gasteiger partial charge >= 0.3 is 6.03 Å². The van der Waals surface area contributed by atoms with Gasteiger partial charge in [0, 0.05) is 19.6 Å². The summed E-state index contributed by atoms with van der Waals surface area (Å²) in [5, 5.41) is 2.32. The summed E-state index contributed by atoms with van der Waals surface area (Å²) in [4.78, 5) is 26.3. The van der Waals surface area contributed by atoms with Gasteiger partial charge in [-0.3, -0.25) is 15.0 Å². The van der Waals surface area contributed by atoms with Crippen LogP contribution in [0.15, 0.2) is 0 Å². The zero-order valence-electron chi connectivity index (χ0n) is 7.62. The third-order valence-electron chi connectivity index (χ3n) is 2.71. The Kier molecular flexibility index (Phi) is 1.95. The summed E-state index contributed by atoms with van der Waals surface area (Å²) in [6, 6.07) is -0.480. The first-order valence-electron chi connectivity index (χ1n) is 4.56. The first-order valence-corrected chi connectivity index (χ1v) is 4.56. The molecule has 0 spiro atoms. The lowest BCUT2D eigenvalue weighted by Crippen LogP contribution is -2.52. The van der Waals surface area contributed by atoms with Crippen molar-refractivity contribution in [1.82, 2.24) is 15.1 Å². The van der Waals surface area contributed by atoms with Crippen LogP contribution in [0.1, 0.15) is 6.92 Å². The first kappa shape index (κ1) is 8.50. The second-order valence-corrected chi connectivity index (χ2v) is 3.40. The number of piperazine rings is 1. The van der Waals surface area contributed by atoms with Crippen LogP contribution in [0.25, 0.3) is 0 Å². The van der Waals surface area contributed by atoms with Crippen molar-refractivity contribution in [3.8, 4) is 0 Å². The minimum Gasteiger partial charge on any atom is -0.310 e. The maximum absolute atomic E-state index is 11.3. The number of carbonyl (C=O) groups is 2. The molecule has 13 heavy (non-hydrogen) atoms. The molecule has 0 bridgehead atoms. The van der Waals surface area contributed by atoms with Crippen molar-refractivity contribution in [2.45, 2.75) is 13.0 Å². The quantitative estimate of drug-likeness (QED) is 0.544. The summed E-state index contributed by atoms with van der Waals surface area (Å²) in [5.74, 6) is -0.150. The molecule has 1 unspecified atom stereocenters. The lowest BCUT2D eigenvalue weighted by Gasteiger charge is -2.34. The van der Waals surface area contributed by atoms with Crippen LogP contribution in [0.4, 0.5) is 4.79 Å². The summed E-state index contributed by atoms with van der Waals surface area (Å²) >= 11 is 0. The molecular formula is C8H13N3O2. The topological polar surface area (TPSA) is 52.6 Å². The molecule has 2 heterocycles. The maximum atomic E-state index is 11.3. The molecule has 2 aliphatic heterocycles. The fourth-order valence-corrected chi connectivity index (χ4v) is 1.85. The smallest absolute Gasteiger partial charge is 0.310 e. The van der Waals surface area contributed by atoms with Gasteiger partial charge in [0.05, 0.1) is 0 Å². The van der Waals surface area contributed by atoms with Gasteiger partial charge in [-0.15, -0.1) is 0 Å². The van der Waals surface area contributed by atoms with E-state index in [1.165, 1.54) is 0 Å². The van der Waals surface area contributed by atoms with E-state index in [1.54, 1.807) is 4.90 Å². The van der Waals surface area contributed by atoms with Gasteiger partial charge in [0.25, 0.3) is 5.91 Å². The lowest BCUT2D eigenvalue weighted by molar-refractivity contribution is -0.122. The summed E-state index contributed by atoms with van der Waals surface area (Å²) in [6.07, 6.45) is 0. The zero-order chi connectivity index (χ0) is 9.42. The van der Waals surface area contributed by atoms with Gasteiger partial charge in [0.15, 0.2) is 0 Å². The van der Waals surface area contributed by atoms with E-state index >= 15 is 0 Å². The summed E-state index contributed by atoms with van der Waals surface area (Å²) < 4.78 is 0. The number of carbonyl (C=O) groups excluding carboxylic acids is 2. The second kappa shape index (κ2) is 2.99. The normalized spacial score (nSPS) is 29.0. The average Bonchev–Trinajstić information content (AvgIpc) is 2.42. The van der Waals surface area contributed by atoms with Crippen LogP contribution in [0.2, 0.25) is 0 Å². The Labute approximate surface area is 76.7 Å². The number of imide groups is 1. The van der Waals surface area contributed by atoms with E-state index in [2.05, 4.69) is 17.1 Å². The Morgan fingerprint density at radius 1 is 1.46 bits per heavy atom. The summed E-state index contributed by atoms with van der Waals surface area (Å²) in [7, 11) is 0. The molecule has 0 aromatic heterocycles. The predicted octanol–water partition coefficient (Wildman–Crippen LogP) is -0.758. The number of hydrogen-bond acceptors (Lipinski definition) is 3. The van der Waals surface area contributed by atoms with E-state index in [0.717, 1.165) is 13.1 Å². The molecular weight excluding hydrogens is 170 g/mol. The fraction of sp³-hybridized carbons (Fsp3) is 0.750. The zero-order valence-corrected chi connectivity index (χ0v) is 7.62. The van der Waals surface area contributed by atoms with Crippen molar-refractivity contribution in [2.24, 2.45) is 0 Å². The van der Waals surface area contributed by atoms with Gasteiger partial charge in [0.1, 0.15) is 6.04 Å². The van der Waals surface area contributed by atoms with Gasteiger partial charge in [0.2, 0.25) is 0 Å². The van der Waals surface area contributed by atoms with E-state index in [-0.39, 0.29) is 18.0 Å². The molecule has 0 aliphatic carbocycles. The van der Waals surface area contributed by atoms with Crippen molar-refractivity contribution in [2.75, 3.05) is 26.2 Å². The number of hydrogen-bond donors (Lipinski definition) is 1. The number of urea groups is 1. The van der Waals surface area contributed by atoms with Gasteiger partial charge in [-0.25, -0.2) is 4.79 Å². The minimum absolute atomic E-state index is 0.150. The van der Waals surface area contributed by atoms with E-state index in [1.807, 2.05) is 0 Å². The highest BCUT2D eigenvalue weighted by molar-refractivity contribution is 6.04. The highest BCUT2D eigenvalue weighted by atomic mass is 16.2. The van der Waals surface area contributed by atoms with E-state index in [9.17, 15) is 9.59 Å². The Morgan fingerprint density at radius 2 is 2.23 bits per heavy atom. The van der Waals surface area contributed by atoms with Crippen molar-refractivity contribution >= 4 is 11.9 Å². The standard InChI is InChI=1S/C8H13N3O2/c1-2-10-3-4-11-6(5-10)7(12)9-8(11)13/h6H,2-5H2,1H3,(H,9,12,13). The van der Waals surface area contributed by atoms with Crippen LogP contribution in [-0.4, -0.2) is 54.0 Å². The van der Waals surface area contributed by atoms with Crippen LogP contribution in [0, 0.1) is 0 Å². The molecule has 5 heteroatoms. The summed E-state index contributed by atoms with van der Waals surface area (Å²) in [6.45, 7) is 5.20. The molecule has 2 fully saturated rings. The van der Waals surface area contributed by atoms with E-state index in [0.29, 0.717) is 13.1 Å². The average molecular weight is 183 g/mol. The molecule has 3 amide bonds. The predicted molar refractivity (Wildman–Crippen MR) is 46.1 cm³/mol. The number of likely N-dealkylation sites (N-methyl/N-ethyl adjacent to an activating group) is 1. The number of nitrogens with zero attached hydrogens (tertiary/aromatic N) is 2. The fourth-order valence-electron chi connectivity index (χ4n) is 1.85. The van der Waals surface area contributed by atoms with Crippen molar-refractivity contribution in [3.63, 3.8) is 0 Å². The highest BCUT2D eigenvalue weighted by Gasteiger charge is 2.41. The van der Waals surface area contributed by atoms with Crippen LogP contribution in [0.5, 0.6) is 0 Å². The molecule has 2 rings (SSSR count). The molecule has 2 aliphatic rings. The SMILES string of the molecule is CCN1CCN2C(=O)NC(=O)C2C1.